The Morgan fingerprint density at radius 2 is 2.12 bits per heavy atom. The maximum Gasteiger partial charge on any atom is 0.224 e. The van der Waals surface area contributed by atoms with Crippen LogP contribution in [0.5, 0.6) is 0 Å². The standard InChI is InChI=1S/C20H29FN2OS/c1-15-13-17(21)5-6-19(15)22-20(24)7-4-16-3-2-10-23(14-16)18-8-11-25-12-9-18/h5-6,13,16,18H,2-4,7-12,14H2,1H3,(H,22,24)/t16-/m1/s1. The van der Waals surface area contributed by atoms with Crippen LogP contribution in [0.3, 0.4) is 0 Å². The van der Waals surface area contributed by atoms with E-state index in [1.165, 1.54) is 55.9 Å². The summed E-state index contributed by atoms with van der Waals surface area (Å²) in [6.07, 6.45) is 6.64. The summed E-state index contributed by atoms with van der Waals surface area (Å²) < 4.78 is 13.1. The number of carbonyl (C=O) groups excluding carboxylic acids is 1. The molecule has 0 aliphatic carbocycles. The van der Waals surface area contributed by atoms with E-state index in [2.05, 4.69) is 22.0 Å². The van der Waals surface area contributed by atoms with Crippen molar-refractivity contribution in [2.75, 3.05) is 29.9 Å². The van der Waals surface area contributed by atoms with Crippen molar-refractivity contribution in [2.24, 2.45) is 5.92 Å². The van der Waals surface area contributed by atoms with Gasteiger partial charge >= 0.3 is 0 Å². The first kappa shape index (κ1) is 18.7. The van der Waals surface area contributed by atoms with Crippen LogP contribution in [-0.2, 0) is 4.79 Å². The monoisotopic (exact) mass is 364 g/mol. The number of anilines is 1. The van der Waals surface area contributed by atoms with Crippen LogP contribution in [0.2, 0.25) is 0 Å². The molecule has 1 amide bonds. The number of aryl methyl sites for hydroxylation is 1. The zero-order chi connectivity index (χ0) is 17.6. The highest BCUT2D eigenvalue weighted by Gasteiger charge is 2.27. The Morgan fingerprint density at radius 1 is 1.32 bits per heavy atom. The summed E-state index contributed by atoms with van der Waals surface area (Å²) in [5.41, 5.74) is 1.49. The molecule has 2 aliphatic heterocycles. The van der Waals surface area contributed by atoms with Gasteiger partial charge in [-0.1, -0.05) is 0 Å². The smallest absolute Gasteiger partial charge is 0.224 e. The van der Waals surface area contributed by atoms with Gasteiger partial charge in [0.1, 0.15) is 5.82 Å². The summed E-state index contributed by atoms with van der Waals surface area (Å²) in [6, 6.07) is 5.26. The minimum absolute atomic E-state index is 0.0425. The Bertz CT molecular complexity index is 589. The number of nitrogens with zero attached hydrogens (tertiary/aromatic N) is 1. The molecule has 1 N–H and O–H groups in total. The third-order valence-electron chi connectivity index (χ3n) is 5.50. The van der Waals surface area contributed by atoms with E-state index in [1.807, 2.05) is 6.92 Å². The molecule has 2 aliphatic rings. The van der Waals surface area contributed by atoms with E-state index in [-0.39, 0.29) is 11.7 Å². The first-order valence-corrected chi connectivity index (χ1v) is 10.6. The molecule has 2 heterocycles. The van der Waals surface area contributed by atoms with E-state index >= 15 is 0 Å². The number of hydrogen-bond donors (Lipinski definition) is 1. The molecule has 138 valence electrons. The van der Waals surface area contributed by atoms with Gasteiger partial charge in [0, 0.05) is 24.7 Å². The predicted molar refractivity (Wildman–Crippen MR) is 104 cm³/mol. The van der Waals surface area contributed by atoms with E-state index < -0.39 is 0 Å². The van der Waals surface area contributed by atoms with Crippen molar-refractivity contribution in [1.82, 2.24) is 4.90 Å². The lowest BCUT2D eigenvalue weighted by Crippen LogP contribution is -2.44. The lowest BCUT2D eigenvalue weighted by molar-refractivity contribution is -0.116. The van der Waals surface area contributed by atoms with E-state index in [0.717, 1.165) is 30.3 Å². The van der Waals surface area contributed by atoms with Crippen molar-refractivity contribution in [3.8, 4) is 0 Å². The molecule has 5 heteroatoms. The second-order valence-corrected chi connectivity index (χ2v) is 8.62. The van der Waals surface area contributed by atoms with Gasteiger partial charge in [0.25, 0.3) is 0 Å². The second-order valence-electron chi connectivity index (χ2n) is 7.39. The molecule has 25 heavy (non-hydrogen) atoms. The SMILES string of the molecule is Cc1cc(F)ccc1NC(=O)CC[C@H]1CCCN(C2CCSCC2)C1. The van der Waals surface area contributed by atoms with Crippen molar-refractivity contribution < 1.29 is 9.18 Å². The average molecular weight is 365 g/mol. The number of thioether (sulfide) groups is 1. The predicted octanol–water partition coefficient (Wildman–Crippen LogP) is 4.46. The van der Waals surface area contributed by atoms with E-state index in [1.54, 1.807) is 6.07 Å². The Morgan fingerprint density at radius 3 is 2.88 bits per heavy atom. The Kier molecular flexibility index (Phi) is 6.77. The molecule has 0 spiro atoms. The summed E-state index contributed by atoms with van der Waals surface area (Å²) in [5.74, 6) is 3.00. The maximum absolute atomic E-state index is 13.1. The van der Waals surface area contributed by atoms with Crippen molar-refractivity contribution in [3.05, 3.63) is 29.6 Å². The van der Waals surface area contributed by atoms with Gasteiger partial charge in [-0.3, -0.25) is 4.79 Å². The van der Waals surface area contributed by atoms with Gasteiger partial charge < -0.3 is 10.2 Å². The zero-order valence-electron chi connectivity index (χ0n) is 15.1. The highest BCUT2D eigenvalue weighted by atomic mass is 32.2. The van der Waals surface area contributed by atoms with E-state index in [9.17, 15) is 9.18 Å². The quantitative estimate of drug-likeness (QED) is 0.837. The molecule has 3 nitrogen and oxygen atoms in total. The van der Waals surface area contributed by atoms with Crippen LogP contribution >= 0.6 is 11.8 Å². The number of amides is 1. The zero-order valence-corrected chi connectivity index (χ0v) is 15.9. The summed E-state index contributed by atoms with van der Waals surface area (Å²) in [4.78, 5) is 14.9. The van der Waals surface area contributed by atoms with Crippen molar-refractivity contribution >= 4 is 23.4 Å². The summed E-state index contributed by atoms with van der Waals surface area (Å²) in [7, 11) is 0. The van der Waals surface area contributed by atoms with Crippen LogP contribution in [-0.4, -0.2) is 41.4 Å². The molecule has 0 bridgehead atoms. The fraction of sp³-hybridized carbons (Fsp3) is 0.650. The van der Waals surface area contributed by atoms with Crippen LogP contribution in [0.25, 0.3) is 0 Å². The largest absolute Gasteiger partial charge is 0.326 e. The molecule has 1 aromatic rings. The number of benzene rings is 1. The van der Waals surface area contributed by atoms with Crippen molar-refractivity contribution in [1.29, 1.82) is 0 Å². The molecule has 3 rings (SSSR count). The number of rotatable bonds is 5. The molecule has 0 unspecified atom stereocenters. The van der Waals surface area contributed by atoms with Gasteiger partial charge in [0.05, 0.1) is 0 Å². The van der Waals surface area contributed by atoms with Gasteiger partial charge in [-0.25, -0.2) is 4.39 Å². The van der Waals surface area contributed by atoms with Gasteiger partial charge in [0.2, 0.25) is 5.91 Å². The molecule has 1 aromatic carbocycles. The molecule has 1 atom stereocenters. The number of nitrogens with one attached hydrogen (secondary N) is 1. The van der Waals surface area contributed by atoms with Crippen molar-refractivity contribution in [2.45, 2.75) is 51.5 Å². The Hall–Kier alpha value is -1.07. The van der Waals surface area contributed by atoms with Crippen LogP contribution in [0.15, 0.2) is 18.2 Å². The minimum atomic E-state index is -0.265. The summed E-state index contributed by atoms with van der Waals surface area (Å²) >= 11 is 2.08. The second kappa shape index (κ2) is 9.04. The van der Waals surface area contributed by atoms with Crippen LogP contribution in [0.4, 0.5) is 10.1 Å². The Labute approximate surface area is 154 Å². The van der Waals surface area contributed by atoms with Gasteiger partial charge in [-0.2, -0.15) is 11.8 Å². The van der Waals surface area contributed by atoms with Gasteiger partial charge in [-0.15, -0.1) is 0 Å². The third-order valence-corrected chi connectivity index (χ3v) is 6.55. The summed E-state index contributed by atoms with van der Waals surface area (Å²) in [5, 5.41) is 2.93. The van der Waals surface area contributed by atoms with Crippen LogP contribution in [0.1, 0.15) is 44.1 Å². The van der Waals surface area contributed by atoms with Crippen LogP contribution < -0.4 is 5.32 Å². The number of halogens is 1. The topological polar surface area (TPSA) is 32.3 Å². The fourth-order valence-corrected chi connectivity index (χ4v) is 5.11. The van der Waals surface area contributed by atoms with Gasteiger partial charge in [0.15, 0.2) is 0 Å². The molecular formula is C20H29FN2OS. The molecular weight excluding hydrogens is 335 g/mol. The fourth-order valence-electron chi connectivity index (χ4n) is 4.03. The van der Waals surface area contributed by atoms with Gasteiger partial charge in [-0.05, 0) is 86.8 Å². The number of piperidine rings is 1. The van der Waals surface area contributed by atoms with E-state index in [0.29, 0.717) is 12.3 Å². The van der Waals surface area contributed by atoms with Crippen molar-refractivity contribution in [3.63, 3.8) is 0 Å². The van der Waals surface area contributed by atoms with E-state index in [4.69, 9.17) is 0 Å². The Balaban J connectivity index is 1.45. The summed E-state index contributed by atoms with van der Waals surface area (Å²) in [6.45, 7) is 4.20. The van der Waals surface area contributed by atoms with Crippen LogP contribution in [0, 0.1) is 18.7 Å². The number of likely N-dealkylation sites (tertiary alicyclic amines) is 1. The molecule has 2 fully saturated rings. The number of carbonyl (C=O) groups is 1. The highest BCUT2D eigenvalue weighted by molar-refractivity contribution is 7.99. The highest BCUT2D eigenvalue weighted by Crippen LogP contribution is 2.28. The number of hydrogen-bond acceptors (Lipinski definition) is 3. The minimum Gasteiger partial charge on any atom is -0.326 e. The lowest BCUT2D eigenvalue weighted by atomic mass is 9.91. The first-order chi connectivity index (χ1) is 12.1. The average Bonchev–Trinajstić information content (AvgIpc) is 2.63. The molecule has 0 saturated carbocycles. The molecule has 0 radical (unpaired) electrons. The molecule has 0 aromatic heterocycles. The first-order valence-electron chi connectivity index (χ1n) is 9.49. The third kappa shape index (κ3) is 5.45. The maximum atomic E-state index is 13.1. The lowest BCUT2D eigenvalue weighted by Gasteiger charge is -2.40. The molecule has 2 saturated heterocycles. The normalized spacial score (nSPS) is 22.7.